The van der Waals surface area contributed by atoms with Crippen LogP contribution in [0.25, 0.3) is 0 Å². The van der Waals surface area contributed by atoms with Gasteiger partial charge in [-0.2, -0.15) is 0 Å². The highest BCUT2D eigenvalue weighted by atomic mass is 32.2. The Bertz CT molecular complexity index is 599. The molecular formula is C15H25N3O2S. The molecule has 0 aliphatic carbocycles. The van der Waals surface area contributed by atoms with Crippen LogP contribution in [0.2, 0.25) is 0 Å². The summed E-state index contributed by atoms with van der Waals surface area (Å²) in [5.41, 5.74) is 2.15. The number of nitrogens with zero attached hydrogens (tertiary/aromatic N) is 2. The maximum atomic E-state index is 11.7. The van der Waals surface area contributed by atoms with E-state index < -0.39 is 9.84 Å². The molecule has 21 heavy (non-hydrogen) atoms. The molecule has 2 heterocycles. The van der Waals surface area contributed by atoms with Gasteiger partial charge in [-0.1, -0.05) is 13.8 Å². The fourth-order valence-corrected chi connectivity index (χ4v) is 4.19. The first-order valence-electron chi connectivity index (χ1n) is 7.45. The van der Waals surface area contributed by atoms with Gasteiger partial charge in [0.2, 0.25) is 0 Å². The van der Waals surface area contributed by atoms with E-state index in [2.05, 4.69) is 41.2 Å². The lowest BCUT2D eigenvalue weighted by Gasteiger charge is -2.34. The molecule has 0 bridgehead atoms. The Morgan fingerprint density at radius 3 is 2.76 bits per heavy atom. The summed E-state index contributed by atoms with van der Waals surface area (Å²) in [6.07, 6.45) is 0. The summed E-state index contributed by atoms with van der Waals surface area (Å²) in [6, 6.07) is 4.55. The van der Waals surface area contributed by atoms with Gasteiger partial charge in [0.25, 0.3) is 0 Å². The quantitative estimate of drug-likeness (QED) is 0.913. The van der Waals surface area contributed by atoms with Crippen LogP contribution in [0.15, 0.2) is 12.1 Å². The van der Waals surface area contributed by atoms with Crippen LogP contribution in [0, 0.1) is 6.92 Å². The van der Waals surface area contributed by atoms with Gasteiger partial charge in [-0.05, 0) is 31.5 Å². The monoisotopic (exact) mass is 311 g/mol. The number of aryl methyl sites for hydroxylation is 1. The second-order valence-electron chi connectivity index (χ2n) is 6.17. The number of aromatic nitrogens is 1. The zero-order valence-electron chi connectivity index (χ0n) is 13.3. The van der Waals surface area contributed by atoms with Crippen molar-refractivity contribution in [1.29, 1.82) is 0 Å². The van der Waals surface area contributed by atoms with Gasteiger partial charge in [0.15, 0.2) is 9.84 Å². The molecule has 118 valence electrons. The highest BCUT2D eigenvalue weighted by Gasteiger charge is 2.29. The Kier molecular flexibility index (Phi) is 4.88. The molecule has 1 aromatic heterocycles. The molecule has 1 aromatic rings. The molecule has 1 saturated heterocycles. The van der Waals surface area contributed by atoms with Gasteiger partial charge >= 0.3 is 0 Å². The fourth-order valence-electron chi connectivity index (χ4n) is 2.63. The number of anilines is 1. The molecule has 2 rings (SSSR count). The standard InChI is InChI=1S/C15H25N3O2S/c1-11(2)16-9-14-7-12(3)17-15(8-14)18-5-6-21(19,20)10-13(18)4/h7-8,11,13,16H,5-6,9-10H2,1-4H3. The van der Waals surface area contributed by atoms with Crippen molar-refractivity contribution in [3.63, 3.8) is 0 Å². The molecule has 1 fully saturated rings. The first-order chi connectivity index (χ1) is 9.77. The number of hydrogen-bond donors (Lipinski definition) is 1. The van der Waals surface area contributed by atoms with Crippen molar-refractivity contribution in [2.75, 3.05) is 23.0 Å². The molecule has 1 unspecified atom stereocenters. The lowest BCUT2D eigenvalue weighted by molar-refractivity contribution is 0.565. The molecule has 0 radical (unpaired) electrons. The number of rotatable bonds is 4. The van der Waals surface area contributed by atoms with E-state index in [9.17, 15) is 8.42 Å². The molecule has 0 amide bonds. The van der Waals surface area contributed by atoms with E-state index in [0.29, 0.717) is 12.6 Å². The van der Waals surface area contributed by atoms with E-state index in [4.69, 9.17) is 0 Å². The van der Waals surface area contributed by atoms with E-state index in [-0.39, 0.29) is 17.5 Å². The SMILES string of the molecule is Cc1cc(CNC(C)C)cc(N2CCS(=O)(=O)CC2C)n1. The van der Waals surface area contributed by atoms with Crippen LogP contribution in [-0.2, 0) is 16.4 Å². The third kappa shape index (κ3) is 4.41. The van der Waals surface area contributed by atoms with E-state index in [1.165, 1.54) is 5.56 Å². The second kappa shape index (κ2) is 6.32. The Balaban J connectivity index is 2.19. The summed E-state index contributed by atoms with van der Waals surface area (Å²) >= 11 is 0. The summed E-state index contributed by atoms with van der Waals surface area (Å²) in [7, 11) is -2.90. The Morgan fingerprint density at radius 1 is 1.43 bits per heavy atom. The van der Waals surface area contributed by atoms with Gasteiger partial charge in [0.1, 0.15) is 5.82 Å². The molecule has 0 saturated carbocycles. The first kappa shape index (κ1) is 16.2. The molecular weight excluding hydrogens is 286 g/mol. The third-order valence-corrected chi connectivity index (χ3v) is 5.47. The smallest absolute Gasteiger partial charge is 0.154 e. The number of nitrogens with one attached hydrogen (secondary N) is 1. The number of pyridine rings is 1. The van der Waals surface area contributed by atoms with Crippen LogP contribution in [0.1, 0.15) is 32.0 Å². The van der Waals surface area contributed by atoms with Crippen LogP contribution in [-0.4, -0.2) is 43.5 Å². The van der Waals surface area contributed by atoms with Gasteiger partial charge in [-0.15, -0.1) is 0 Å². The van der Waals surface area contributed by atoms with Gasteiger partial charge in [0.05, 0.1) is 11.5 Å². The first-order valence-corrected chi connectivity index (χ1v) is 9.27. The summed E-state index contributed by atoms with van der Waals surface area (Å²) in [6.45, 7) is 9.49. The minimum absolute atomic E-state index is 0.0241. The highest BCUT2D eigenvalue weighted by molar-refractivity contribution is 7.91. The lowest BCUT2D eigenvalue weighted by atomic mass is 10.2. The van der Waals surface area contributed by atoms with E-state index in [1.54, 1.807) is 0 Å². The predicted molar refractivity (Wildman–Crippen MR) is 86.4 cm³/mol. The minimum atomic E-state index is -2.90. The van der Waals surface area contributed by atoms with E-state index >= 15 is 0 Å². The average molecular weight is 311 g/mol. The molecule has 1 aliphatic rings. The summed E-state index contributed by atoms with van der Waals surface area (Å²) in [5.74, 6) is 1.31. The molecule has 0 aromatic carbocycles. The topological polar surface area (TPSA) is 62.3 Å². The van der Waals surface area contributed by atoms with Gasteiger partial charge < -0.3 is 10.2 Å². The largest absolute Gasteiger partial charge is 0.352 e. The number of sulfone groups is 1. The van der Waals surface area contributed by atoms with Crippen LogP contribution in [0.5, 0.6) is 0 Å². The van der Waals surface area contributed by atoms with Gasteiger partial charge in [-0.25, -0.2) is 13.4 Å². The van der Waals surface area contributed by atoms with Crippen molar-refractivity contribution < 1.29 is 8.42 Å². The maximum Gasteiger partial charge on any atom is 0.154 e. The Labute approximate surface area is 127 Å². The zero-order chi connectivity index (χ0) is 15.6. The lowest BCUT2D eigenvalue weighted by Crippen LogP contribution is -2.47. The molecule has 6 heteroatoms. The minimum Gasteiger partial charge on any atom is -0.352 e. The second-order valence-corrected chi connectivity index (χ2v) is 8.40. The van der Waals surface area contributed by atoms with Crippen molar-refractivity contribution in [3.8, 4) is 0 Å². The van der Waals surface area contributed by atoms with Crippen molar-refractivity contribution in [1.82, 2.24) is 10.3 Å². The van der Waals surface area contributed by atoms with Gasteiger partial charge in [0, 0.05) is 30.9 Å². The van der Waals surface area contributed by atoms with E-state index in [1.807, 2.05) is 13.8 Å². The predicted octanol–water partition coefficient (Wildman–Crippen LogP) is 1.51. The molecule has 0 spiro atoms. The van der Waals surface area contributed by atoms with Crippen LogP contribution >= 0.6 is 0 Å². The van der Waals surface area contributed by atoms with Crippen molar-refractivity contribution >= 4 is 15.7 Å². The van der Waals surface area contributed by atoms with Gasteiger partial charge in [-0.3, -0.25) is 0 Å². The highest BCUT2D eigenvalue weighted by Crippen LogP contribution is 2.21. The summed E-state index contributed by atoms with van der Waals surface area (Å²) < 4.78 is 23.4. The molecule has 1 aliphatic heterocycles. The van der Waals surface area contributed by atoms with E-state index in [0.717, 1.165) is 18.1 Å². The van der Waals surface area contributed by atoms with Crippen LogP contribution in [0.4, 0.5) is 5.82 Å². The molecule has 1 N–H and O–H groups in total. The zero-order valence-corrected chi connectivity index (χ0v) is 14.1. The van der Waals surface area contributed by atoms with Crippen molar-refractivity contribution in [2.45, 2.75) is 46.3 Å². The molecule has 5 nitrogen and oxygen atoms in total. The maximum absolute atomic E-state index is 11.7. The van der Waals surface area contributed by atoms with Crippen molar-refractivity contribution in [3.05, 3.63) is 23.4 Å². The molecule has 1 atom stereocenters. The normalized spacial score (nSPS) is 21.8. The fraction of sp³-hybridized carbons (Fsp3) is 0.667. The van der Waals surface area contributed by atoms with Crippen LogP contribution in [0.3, 0.4) is 0 Å². The van der Waals surface area contributed by atoms with Crippen molar-refractivity contribution in [2.24, 2.45) is 0 Å². The Hall–Kier alpha value is -1.14. The van der Waals surface area contributed by atoms with Crippen LogP contribution < -0.4 is 10.2 Å². The Morgan fingerprint density at radius 2 is 2.14 bits per heavy atom. The average Bonchev–Trinajstić information content (AvgIpc) is 2.34. The third-order valence-electron chi connectivity index (χ3n) is 3.68. The number of hydrogen-bond acceptors (Lipinski definition) is 5. The summed E-state index contributed by atoms with van der Waals surface area (Å²) in [5, 5.41) is 3.40. The summed E-state index contributed by atoms with van der Waals surface area (Å²) in [4.78, 5) is 6.69.